The number of likely N-dealkylation sites (tertiary alicyclic amines) is 1. The highest BCUT2D eigenvalue weighted by Crippen LogP contribution is 2.28. The average molecular weight is 269 g/mol. The average Bonchev–Trinajstić information content (AvgIpc) is 2.36. The summed E-state index contributed by atoms with van der Waals surface area (Å²) in [5, 5.41) is 0. The number of hydrogen-bond acceptors (Lipinski definition) is 3. The fourth-order valence-electron chi connectivity index (χ4n) is 2.54. The van der Waals surface area contributed by atoms with Crippen LogP contribution in [-0.4, -0.2) is 36.5 Å². The van der Waals surface area contributed by atoms with Crippen LogP contribution >= 0.6 is 0 Å². The molecule has 1 saturated heterocycles. The van der Waals surface area contributed by atoms with Crippen molar-refractivity contribution < 1.29 is 14.3 Å². The molecule has 1 heterocycles. The van der Waals surface area contributed by atoms with Gasteiger partial charge in [-0.1, -0.05) is 27.7 Å². The molecule has 0 aromatic heterocycles. The second-order valence-corrected chi connectivity index (χ2v) is 6.42. The summed E-state index contributed by atoms with van der Waals surface area (Å²) in [6, 6.07) is 0. The van der Waals surface area contributed by atoms with Crippen molar-refractivity contribution >= 4 is 11.9 Å². The van der Waals surface area contributed by atoms with E-state index in [0.29, 0.717) is 12.5 Å². The van der Waals surface area contributed by atoms with Crippen molar-refractivity contribution in [2.45, 2.75) is 47.5 Å². The Hall–Kier alpha value is -1.06. The molecule has 1 amide bonds. The summed E-state index contributed by atoms with van der Waals surface area (Å²) in [5.74, 6) is 0.368. The molecule has 0 aromatic rings. The van der Waals surface area contributed by atoms with Crippen LogP contribution in [0.4, 0.5) is 0 Å². The van der Waals surface area contributed by atoms with Gasteiger partial charge >= 0.3 is 5.97 Å². The van der Waals surface area contributed by atoms with Gasteiger partial charge in [-0.3, -0.25) is 9.59 Å². The molecule has 1 rings (SSSR count). The van der Waals surface area contributed by atoms with Crippen molar-refractivity contribution in [3.05, 3.63) is 0 Å². The highest BCUT2D eigenvalue weighted by Gasteiger charge is 2.33. The highest BCUT2D eigenvalue weighted by atomic mass is 16.5. The second kappa shape index (κ2) is 6.40. The number of ether oxygens (including phenoxy) is 1. The smallest absolute Gasteiger partial charge is 0.308 e. The predicted octanol–water partition coefficient (Wildman–Crippen LogP) is 2.47. The molecule has 110 valence electrons. The zero-order chi connectivity index (χ0) is 14.6. The highest BCUT2D eigenvalue weighted by molar-refractivity contribution is 5.81. The molecular weight excluding hydrogens is 242 g/mol. The molecule has 0 saturated carbocycles. The van der Waals surface area contributed by atoms with E-state index in [1.165, 1.54) is 0 Å². The normalized spacial score (nSPS) is 19.1. The van der Waals surface area contributed by atoms with E-state index in [0.717, 1.165) is 25.9 Å². The summed E-state index contributed by atoms with van der Waals surface area (Å²) < 4.78 is 5.07. The lowest BCUT2D eigenvalue weighted by molar-refractivity contribution is -0.150. The molecule has 1 atom stereocenters. The molecular formula is C15H27NO3. The molecule has 0 radical (unpaired) electrons. The van der Waals surface area contributed by atoms with Gasteiger partial charge in [-0.25, -0.2) is 0 Å². The summed E-state index contributed by atoms with van der Waals surface area (Å²) >= 11 is 0. The summed E-state index contributed by atoms with van der Waals surface area (Å²) in [6.45, 7) is 11.5. The van der Waals surface area contributed by atoms with E-state index in [1.54, 1.807) is 0 Å². The molecule has 0 bridgehead atoms. The zero-order valence-electron chi connectivity index (χ0n) is 12.9. The standard InChI is InChI=1S/C15H27NO3/c1-6-19-13(17)11(2)12-7-9-16(10-8-12)14(18)15(3,4)5/h11-12H,6-10H2,1-5H3. The topological polar surface area (TPSA) is 46.6 Å². The first-order valence-corrected chi connectivity index (χ1v) is 7.23. The van der Waals surface area contributed by atoms with Gasteiger partial charge in [0.1, 0.15) is 0 Å². The van der Waals surface area contributed by atoms with Crippen LogP contribution in [0.5, 0.6) is 0 Å². The van der Waals surface area contributed by atoms with Gasteiger partial charge in [0.05, 0.1) is 12.5 Å². The van der Waals surface area contributed by atoms with Crippen molar-refractivity contribution in [3.8, 4) is 0 Å². The van der Waals surface area contributed by atoms with Gasteiger partial charge in [0, 0.05) is 18.5 Å². The van der Waals surface area contributed by atoms with Crippen LogP contribution in [0.15, 0.2) is 0 Å². The van der Waals surface area contributed by atoms with E-state index < -0.39 is 0 Å². The van der Waals surface area contributed by atoms with Crippen molar-refractivity contribution in [1.29, 1.82) is 0 Å². The van der Waals surface area contributed by atoms with Crippen LogP contribution in [0.25, 0.3) is 0 Å². The maximum absolute atomic E-state index is 12.2. The zero-order valence-corrected chi connectivity index (χ0v) is 12.9. The third kappa shape index (κ3) is 4.22. The van der Waals surface area contributed by atoms with E-state index >= 15 is 0 Å². The molecule has 4 heteroatoms. The number of rotatable bonds is 3. The Balaban J connectivity index is 2.49. The van der Waals surface area contributed by atoms with Crippen LogP contribution in [0, 0.1) is 17.3 Å². The van der Waals surface area contributed by atoms with Crippen LogP contribution in [0.3, 0.4) is 0 Å². The van der Waals surface area contributed by atoms with E-state index in [-0.39, 0.29) is 23.2 Å². The lowest BCUT2D eigenvalue weighted by atomic mass is 9.84. The molecule has 4 nitrogen and oxygen atoms in total. The molecule has 0 N–H and O–H groups in total. The minimum absolute atomic E-state index is 0.0631. The third-order valence-corrected chi connectivity index (χ3v) is 3.83. The summed E-state index contributed by atoms with van der Waals surface area (Å²) in [4.78, 5) is 25.8. The molecule has 1 aliphatic heterocycles. The molecule has 1 aliphatic rings. The van der Waals surface area contributed by atoms with E-state index in [4.69, 9.17) is 4.74 Å². The Morgan fingerprint density at radius 1 is 1.26 bits per heavy atom. The van der Waals surface area contributed by atoms with Gasteiger partial charge in [-0.2, -0.15) is 0 Å². The van der Waals surface area contributed by atoms with E-state index in [2.05, 4.69) is 0 Å². The molecule has 0 aromatic carbocycles. The number of carbonyl (C=O) groups excluding carboxylic acids is 2. The lowest BCUT2D eigenvalue weighted by Crippen LogP contribution is -2.45. The first-order chi connectivity index (χ1) is 8.77. The van der Waals surface area contributed by atoms with Crippen LogP contribution < -0.4 is 0 Å². The van der Waals surface area contributed by atoms with Crippen LogP contribution in [0.1, 0.15) is 47.5 Å². The maximum Gasteiger partial charge on any atom is 0.308 e. The number of carbonyl (C=O) groups is 2. The molecule has 1 fully saturated rings. The maximum atomic E-state index is 12.2. The minimum atomic E-state index is -0.320. The van der Waals surface area contributed by atoms with E-state index in [1.807, 2.05) is 39.5 Å². The monoisotopic (exact) mass is 269 g/mol. The largest absolute Gasteiger partial charge is 0.466 e. The number of esters is 1. The van der Waals surface area contributed by atoms with Crippen molar-refractivity contribution in [1.82, 2.24) is 4.90 Å². The first kappa shape index (κ1) is 16.0. The fourth-order valence-corrected chi connectivity index (χ4v) is 2.54. The molecule has 0 spiro atoms. The van der Waals surface area contributed by atoms with Crippen molar-refractivity contribution in [2.75, 3.05) is 19.7 Å². The number of nitrogens with zero attached hydrogens (tertiary/aromatic N) is 1. The molecule has 0 aliphatic carbocycles. The van der Waals surface area contributed by atoms with Gasteiger partial charge in [-0.15, -0.1) is 0 Å². The number of amides is 1. The predicted molar refractivity (Wildman–Crippen MR) is 74.6 cm³/mol. The fraction of sp³-hybridized carbons (Fsp3) is 0.867. The Morgan fingerprint density at radius 3 is 2.21 bits per heavy atom. The summed E-state index contributed by atoms with van der Waals surface area (Å²) in [7, 11) is 0. The lowest BCUT2D eigenvalue weighted by Gasteiger charge is -2.37. The number of piperidine rings is 1. The summed E-state index contributed by atoms with van der Waals surface area (Å²) in [5.41, 5.74) is -0.320. The molecule has 19 heavy (non-hydrogen) atoms. The molecule has 1 unspecified atom stereocenters. The Morgan fingerprint density at radius 2 is 1.79 bits per heavy atom. The van der Waals surface area contributed by atoms with Gasteiger partial charge < -0.3 is 9.64 Å². The van der Waals surface area contributed by atoms with Gasteiger partial charge in [0.2, 0.25) is 5.91 Å². The van der Waals surface area contributed by atoms with Gasteiger partial charge in [0.25, 0.3) is 0 Å². The van der Waals surface area contributed by atoms with Crippen molar-refractivity contribution in [2.24, 2.45) is 17.3 Å². The summed E-state index contributed by atoms with van der Waals surface area (Å²) in [6.07, 6.45) is 1.78. The Kier molecular flexibility index (Phi) is 5.39. The first-order valence-electron chi connectivity index (χ1n) is 7.23. The van der Waals surface area contributed by atoms with Crippen LogP contribution in [0.2, 0.25) is 0 Å². The van der Waals surface area contributed by atoms with Gasteiger partial charge in [-0.05, 0) is 25.7 Å². The number of hydrogen-bond donors (Lipinski definition) is 0. The quantitative estimate of drug-likeness (QED) is 0.739. The minimum Gasteiger partial charge on any atom is -0.466 e. The Labute approximate surface area is 116 Å². The Bertz CT molecular complexity index is 325. The van der Waals surface area contributed by atoms with Crippen LogP contribution in [-0.2, 0) is 14.3 Å². The second-order valence-electron chi connectivity index (χ2n) is 6.42. The van der Waals surface area contributed by atoms with Crippen molar-refractivity contribution in [3.63, 3.8) is 0 Å². The third-order valence-electron chi connectivity index (χ3n) is 3.83. The van der Waals surface area contributed by atoms with Gasteiger partial charge in [0.15, 0.2) is 0 Å². The van der Waals surface area contributed by atoms with E-state index in [9.17, 15) is 9.59 Å². The SMILES string of the molecule is CCOC(=O)C(C)C1CCN(C(=O)C(C)(C)C)CC1.